The molecule has 5 heterocycles. The average molecular weight is 701 g/mol. The summed E-state index contributed by atoms with van der Waals surface area (Å²) in [6.07, 6.45) is 11.4. The number of carbonyl (C=O) groups excluding carboxylic acids is 2. The highest BCUT2D eigenvalue weighted by Gasteiger charge is 2.37. The van der Waals surface area contributed by atoms with E-state index in [0.717, 1.165) is 40.2 Å². The van der Waals surface area contributed by atoms with Gasteiger partial charge in [-0.05, 0) is 73.3 Å². The predicted molar refractivity (Wildman–Crippen MR) is 194 cm³/mol. The summed E-state index contributed by atoms with van der Waals surface area (Å²) < 4.78 is 10.1. The van der Waals surface area contributed by atoms with Crippen molar-refractivity contribution in [3.63, 3.8) is 0 Å². The van der Waals surface area contributed by atoms with Gasteiger partial charge >= 0.3 is 0 Å². The van der Waals surface area contributed by atoms with E-state index in [0.29, 0.717) is 49.7 Å². The zero-order valence-electron chi connectivity index (χ0n) is 29.1. The third-order valence-corrected chi connectivity index (χ3v) is 15.0. The van der Waals surface area contributed by atoms with Crippen LogP contribution < -0.4 is 5.32 Å². The average Bonchev–Trinajstić information content (AvgIpc) is 3.73. The van der Waals surface area contributed by atoms with E-state index in [2.05, 4.69) is 49.5 Å². The first-order valence-electron chi connectivity index (χ1n) is 17.0. The van der Waals surface area contributed by atoms with Crippen molar-refractivity contribution in [1.29, 1.82) is 0 Å². The van der Waals surface area contributed by atoms with Crippen LogP contribution in [0.25, 0.3) is 22.5 Å². The number of rotatable bonds is 7. The SMILES string of the molecule is C[C@@H]1CCC[C@H](N2CCC(c3cc(Cl)ccc3-n3ccnn3)=CC2=O)c2cc(ccn2)-c2c(cnn2CCO[Si](C)(C)C(C)(C)C)NC1=O. The summed E-state index contributed by atoms with van der Waals surface area (Å²) in [5, 5.41) is 16.6. The summed E-state index contributed by atoms with van der Waals surface area (Å²) >= 11 is 6.42. The number of benzene rings is 1. The fourth-order valence-corrected chi connectivity index (χ4v) is 7.49. The van der Waals surface area contributed by atoms with Gasteiger partial charge in [0.15, 0.2) is 8.32 Å². The molecular weight excluding hydrogens is 656 g/mol. The number of fused-ring (bicyclic) bond motifs is 4. The molecule has 0 fully saturated rings. The van der Waals surface area contributed by atoms with Crippen molar-refractivity contribution in [2.45, 2.75) is 84.1 Å². The summed E-state index contributed by atoms with van der Waals surface area (Å²) in [6.45, 7) is 14.7. The second kappa shape index (κ2) is 14.0. The van der Waals surface area contributed by atoms with Gasteiger partial charge in [0.1, 0.15) is 0 Å². The largest absolute Gasteiger partial charge is 0.415 e. The van der Waals surface area contributed by atoms with Crippen molar-refractivity contribution in [2.75, 3.05) is 18.5 Å². The van der Waals surface area contributed by atoms with Gasteiger partial charge in [0, 0.05) is 40.9 Å². The first-order chi connectivity index (χ1) is 23.3. The summed E-state index contributed by atoms with van der Waals surface area (Å²) in [7, 11) is -1.96. The Morgan fingerprint density at radius 3 is 2.65 bits per heavy atom. The Kier molecular flexibility index (Phi) is 9.92. The van der Waals surface area contributed by atoms with Crippen LogP contribution in [-0.4, -0.2) is 67.9 Å². The van der Waals surface area contributed by atoms with Gasteiger partial charge in [0.2, 0.25) is 11.8 Å². The van der Waals surface area contributed by atoms with Gasteiger partial charge in [-0.2, -0.15) is 5.10 Å². The van der Waals surface area contributed by atoms with Crippen molar-refractivity contribution in [2.24, 2.45) is 5.92 Å². The molecule has 4 aromatic rings. The van der Waals surface area contributed by atoms with Gasteiger partial charge in [0.25, 0.3) is 0 Å². The van der Waals surface area contributed by atoms with Crippen LogP contribution in [0.3, 0.4) is 0 Å². The number of nitrogens with one attached hydrogen (secondary N) is 1. The maximum absolute atomic E-state index is 14.0. The van der Waals surface area contributed by atoms with Crippen LogP contribution in [0.2, 0.25) is 23.2 Å². The van der Waals surface area contributed by atoms with Crippen LogP contribution in [0, 0.1) is 5.92 Å². The van der Waals surface area contributed by atoms with Crippen LogP contribution >= 0.6 is 11.6 Å². The van der Waals surface area contributed by atoms with Gasteiger partial charge in [-0.25, -0.2) is 4.68 Å². The molecule has 13 heteroatoms. The van der Waals surface area contributed by atoms with E-state index >= 15 is 0 Å². The zero-order valence-corrected chi connectivity index (χ0v) is 30.9. The third-order valence-electron chi connectivity index (χ3n) is 10.2. The minimum absolute atomic E-state index is 0.0453. The van der Waals surface area contributed by atoms with Crippen molar-refractivity contribution < 1.29 is 14.0 Å². The topological polar surface area (TPSA) is 120 Å². The predicted octanol–water partition coefficient (Wildman–Crippen LogP) is 7.32. The number of aromatic nitrogens is 6. The molecule has 2 amide bonds. The molecule has 0 saturated heterocycles. The first-order valence-corrected chi connectivity index (χ1v) is 20.3. The van der Waals surface area contributed by atoms with Crippen LogP contribution in [0.5, 0.6) is 0 Å². The highest BCUT2D eigenvalue weighted by atomic mass is 35.5. The number of halogens is 1. The normalized spacial score (nSPS) is 19.1. The second-order valence-corrected chi connectivity index (χ2v) is 19.8. The Morgan fingerprint density at radius 2 is 1.92 bits per heavy atom. The molecule has 258 valence electrons. The number of pyridine rings is 1. The lowest BCUT2D eigenvalue weighted by Gasteiger charge is -2.36. The van der Waals surface area contributed by atoms with Gasteiger partial charge in [0.05, 0.1) is 60.5 Å². The monoisotopic (exact) mass is 700 g/mol. The molecule has 6 rings (SSSR count). The minimum atomic E-state index is -1.96. The lowest BCUT2D eigenvalue weighted by atomic mass is 9.93. The summed E-state index contributed by atoms with van der Waals surface area (Å²) in [6, 6.07) is 9.29. The molecule has 2 bridgehead atoms. The molecular formula is C36H45ClN8O3Si. The molecule has 0 aliphatic carbocycles. The molecule has 1 N–H and O–H groups in total. The molecule has 2 atom stereocenters. The lowest BCUT2D eigenvalue weighted by molar-refractivity contribution is -0.129. The lowest BCUT2D eigenvalue weighted by Crippen LogP contribution is -2.41. The molecule has 0 radical (unpaired) electrons. The van der Waals surface area contributed by atoms with Gasteiger partial charge in [-0.1, -0.05) is 50.9 Å². The first kappa shape index (κ1) is 34.7. The van der Waals surface area contributed by atoms with E-state index in [4.69, 9.17) is 26.1 Å². The highest BCUT2D eigenvalue weighted by molar-refractivity contribution is 6.74. The standard InChI is InChI=1S/C36H45ClN8O3Si/c1-24-8-7-9-32(43-16-13-25(21-33(43)46)28-22-27(37)10-11-31(28)44-17-15-39-42-44)29-20-26(12-14-38-29)34-30(41-35(24)47)23-40-45(34)18-19-48-49(5,6)36(2,3)4/h10-12,14-15,17,20-24,32H,7-9,13,16,18-19H2,1-6H3,(H,41,47)/t24-,32+/m1/s1. The molecule has 0 unspecified atom stereocenters. The number of hydrogen-bond donors (Lipinski definition) is 1. The van der Waals surface area contributed by atoms with Crippen molar-refractivity contribution in [3.05, 3.63) is 77.5 Å². The molecule has 11 nitrogen and oxygen atoms in total. The van der Waals surface area contributed by atoms with E-state index in [9.17, 15) is 9.59 Å². The zero-order chi connectivity index (χ0) is 34.9. The molecule has 0 saturated carbocycles. The Morgan fingerprint density at radius 1 is 1.10 bits per heavy atom. The molecule has 3 aromatic heterocycles. The van der Waals surface area contributed by atoms with E-state index in [1.165, 1.54) is 0 Å². The number of carbonyl (C=O) groups is 2. The number of nitrogens with zero attached hydrogens (tertiary/aromatic N) is 7. The van der Waals surface area contributed by atoms with E-state index in [1.807, 2.05) is 46.8 Å². The van der Waals surface area contributed by atoms with E-state index in [-0.39, 0.29) is 28.8 Å². The van der Waals surface area contributed by atoms with Crippen LogP contribution in [0.15, 0.2) is 61.2 Å². The minimum Gasteiger partial charge on any atom is -0.415 e. The van der Waals surface area contributed by atoms with E-state index in [1.54, 1.807) is 35.5 Å². The summed E-state index contributed by atoms with van der Waals surface area (Å²) in [4.78, 5) is 34.1. The molecule has 49 heavy (non-hydrogen) atoms. The smallest absolute Gasteiger partial charge is 0.247 e. The van der Waals surface area contributed by atoms with Gasteiger partial charge in [-0.3, -0.25) is 19.3 Å². The maximum Gasteiger partial charge on any atom is 0.247 e. The molecule has 2 aliphatic heterocycles. The van der Waals surface area contributed by atoms with Crippen LogP contribution in [0.1, 0.15) is 70.7 Å². The van der Waals surface area contributed by atoms with Crippen molar-refractivity contribution >= 4 is 43.0 Å². The van der Waals surface area contributed by atoms with Gasteiger partial charge < -0.3 is 14.6 Å². The number of anilines is 1. The molecule has 2 aliphatic rings. The molecule has 1 aromatic carbocycles. The molecule has 0 spiro atoms. The van der Waals surface area contributed by atoms with E-state index < -0.39 is 8.32 Å². The summed E-state index contributed by atoms with van der Waals surface area (Å²) in [5.74, 6) is -0.350. The van der Waals surface area contributed by atoms with Crippen molar-refractivity contribution in [1.82, 2.24) is 34.7 Å². The quantitative estimate of drug-likeness (QED) is 0.201. The number of hydrogen-bond acceptors (Lipinski definition) is 7. The van der Waals surface area contributed by atoms with Crippen LogP contribution in [-0.2, 0) is 20.6 Å². The highest BCUT2D eigenvalue weighted by Crippen LogP contribution is 2.38. The Bertz CT molecular complexity index is 1860. The Hall–Kier alpha value is -4.13. The fourth-order valence-electron chi connectivity index (χ4n) is 6.28. The van der Waals surface area contributed by atoms with Crippen LogP contribution in [0.4, 0.5) is 5.69 Å². The van der Waals surface area contributed by atoms with Gasteiger partial charge in [-0.15, -0.1) is 5.10 Å². The maximum atomic E-state index is 14.0. The number of amides is 2. The second-order valence-electron chi connectivity index (χ2n) is 14.5. The summed E-state index contributed by atoms with van der Waals surface area (Å²) in [5.41, 5.74) is 5.70. The Labute approximate surface area is 293 Å². The third kappa shape index (κ3) is 7.41. The fraction of sp³-hybridized carbons (Fsp3) is 0.444. The Balaban J connectivity index is 1.33. The van der Waals surface area contributed by atoms with Crippen molar-refractivity contribution in [3.8, 4) is 16.9 Å².